The molecule has 0 aromatic heterocycles. The number of Topliss-reactive ketones (excluding diaryl/α,β-unsaturated/α-hetero) is 1. The number of ketones is 1. The SMILES string of the molecule is CC(=O)CC[C@@H](C)C1CCC2C3CCC4C[C@H](NCCN5CCCCC5)CCC4(C)C3CCC21C. The fourth-order valence-electron chi connectivity index (χ4n) is 10.7. The third-order valence-corrected chi connectivity index (χ3v) is 12.7. The van der Waals surface area contributed by atoms with Gasteiger partial charge in [-0.25, -0.2) is 0 Å². The van der Waals surface area contributed by atoms with Gasteiger partial charge in [0.15, 0.2) is 0 Å². The number of rotatable bonds is 8. The smallest absolute Gasteiger partial charge is 0.129 e. The van der Waals surface area contributed by atoms with Gasteiger partial charge in [-0.3, -0.25) is 0 Å². The van der Waals surface area contributed by atoms with Crippen molar-refractivity contribution in [2.45, 2.75) is 124 Å². The fourth-order valence-corrected chi connectivity index (χ4v) is 10.7. The summed E-state index contributed by atoms with van der Waals surface area (Å²) in [4.78, 5) is 14.3. The second-order valence-corrected chi connectivity index (χ2v) is 14.4. The van der Waals surface area contributed by atoms with Crippen molar-refractivity contribution in [2.24, 2.45) is 46.3 Å². The molecule has 9 atom stereocenters. The van der Waals surface area contributed by atoms with E-state index in [0.717, 1.165) is 48.5 Å². The molecule has 1 saturated heterocycles. The Labute approximate surface area is 216 Å². The molecule has 3 heteroatoms. The summed E-state index contributed by atoms with van der Waals surface area (Å²) in [5.74, 6) is 5.78. The first-order valence-corrected chi connectivity index (χ1v) is 15.8. The number of nitrogens with zero attached hydrogens (tertiary/aromatic N) is 1. The van der Waals surface area contributed by atoms with E-state index in [1.54, 1.807) is 6.92 Å². The van der Waals surface area contributed by atoms with Crippen molar-refractivity contribution >= 4 is 5.78 Å². The average Bonchev–Trinajstić information content (AvgIpc) is 3.20. The number of nitrogens with one attached hydrogen (secondary N) is 1. The lowest BCUT2D eigenvalue weighted by atomic mass is 9.44. The Morgan fingerprint density at radius 3 is 2.46 bits per heavy atom. The van der Waals surface area contributed by atoms with Gasteiger partial charge in [-0.15, -0.1) is 0 Å². The first-order valence-electron chi connectivity index (χ1n) is 15.8. The molecule has 0 amide bonds. The molecule has 0 aromatic rings. The molecule has 35 heavy (non-hydrogen) atoms. The lowest BCUT2D eigenvalue weighted by Crippen LogP contribution is -2.55. The van der Waals surface area contributed by atoms with Crippen molar-refractivity contribution in [3.8, 4) is 0 Å². The van der Waals surface area contributed by atoms with Crippen LogP contribution in [0.25, 0.3) is 0 Å². The van der Waals surface area contributed by atoms with Gasteiger partial charge in [-0.2, -0.15) is 0 Å². The van der Waals surface area contributed by atoms with E-state index in [0.29, 0.717) is 22.5 Å². The Morgan fingerprint density at radius 1 is 0.943 bits per heavy atom. The third-order valence-electron chi connectivity index (χ3n) is 12.7. The van der Waals surface area contributed by atoms with E-state index < -0.39 is 0 Å². The van der Waals surface area contributed by atoms with Crippen LogP contribution < -0.4 is 5.32 Å². The predicted molar refractivity (Wildman–Crippen MR) is 146 cm³/mol. The van der Waals surface area contributed by atoms with Gasteiger partial charge in [0.25, 0.3) is 0 Å². The van der Waals surface area contributed by atoms with Gasteiger partial charge in [0.05, 0.1) is 0 Å². The first kappa shape index (κ1) is 26.2. The minimum absolute atomic E-state index is 0.378. The third kappa shape index (κ3) is 5.16. The second kappa shape index (κ2) is 10.8. The highest BCUT2D eigenvalue weighted by Crippen LogP contribution is 2.68. The topological polar surface area (TPSA) is 32.3 Å². The molecule has 0 aromatic carbocycles. The Morgan fingerprint density at radius 2 is 1.69 bits per heavy atom. The molecule has 3 nitrogen and oxygen atoms in total. The molecule has 7 unspecified atom stereocenters. The number of carbonyl (C=O) groups excluding carboxylic acids is 1. The Kier molecular flexibility index (Phi) is 8.05. The molecular weight excluding hydrogens is 428 g/mol. The van der Waals surface area contributed by atoms with E-state index in [1.165, 1.54) is 103 Å². The summed E-state index contributed by atoms with van der Waals surface area (Å²) in [6, 6.07) is 0.765. The van der Waals surface area contributed by atoms with Crippen LogP contribution in [-0.4, -0.2) is 42.9 Å². The summed E-state index contributed by atoms with van der Waals surface area (Å²) < 4.78 is 0. The zero-order chi connectivity index (χ0) is 24.6. The highest BCUT2D eigenvalue weighted by molar-refractivity contribution is 5.75. The van der Waals surface area contributed by atoms with Crippen molar-refractivity contribution in [3.05, 3.63) is 0 Å². The van der Waals surface area contributed by atoms with Crippen LogP contribution in [0.2, 0.25) is 0 Å². The lowest BCUT2D eigenvalue weighted by molar-refractivity contribution is -0.120. The van der Waals surface area contributed by atoms with Crippen LogP contribution in [0.4, 0.5) is 0 Å². The molecule has 200 valence electrons. The van der Waals surface area contributed by atoms with Gasteiger partial charge in [0.1, 0.15) is 5.78 Å². The number of fused-ring (bicyclic) bond motifs is 5. The van der Waals surface area contributed by atoms with E-state index >= 15 is 0 Å². The van der Waals surface area contributed by atoms with Crippen molar-refractivity contribution in [1.82, 2.24) is 10.2 Å². The summed E-state index contributed by atoms with van der Waals surface area (Å²) in [6.07, 6.45) is 19.3. The quantitative estimate of drug-likeness (QED) is 0.399. The number of hydrogen-bond donors (Lipinski definition) is 1. The molecule has 1 N–H and O–H groups in total. The maximum absolute atomic E-state index is 11.6. The van der Waals surface area contributed by atoms with Gasteiger partial charge in [0, 0.05) is 25.6 Å². The number of piperidine rings is 1. The summed E-state index contributed by atoms with van der Waals surface area (Å²) in [5, 5.41) is 4.01. The molecule has 1 aliphatic heterocycles. The number of carbonyl (C=O) groups is 1. The molecule has 1 heterocycles. The average molecular weight is 485 g/mol. The highest BCUT2D eigenvalue weighted by Gasteiger charge is 2.60. The van der Waals surface area contributed by atoms with Crippen LogP contribution in [0.15, 0.2) is 0 Å². The largest absolute Gasteiger partial charge is 0.313 e. The Balaban J connectivity index is 1.17. The summed E-state index contributed by atoms with van der Waals surface area (Å²) in [5.41, 5.74) is 1.13. The van der Waals surface area contributed by atoms with E-state index in [1.807, 2.05) is 0 Å². The van der Waals surface area contributed by atoms with Crippen molar-refractivity contribution < 1.29 is 4.79 Å². The van der Waals surface area contributed by atoms with E-state index in [4.69, 9.17) is 0 Å². The standard InChI is InChI=1S/C32H56N2O/c1-23(8-9-24(2)35)28-12-13-29-27-11-10-25-22-26(33-18-21-34-19-6-5-7-20-34)14-16-31(25,3)30(27)15-17-32(28,29)4/h23,25-30,33H,5-22H2,1-4H3/t23-,25?,26-,27?,28?,29?,30?,31?,32?/m1/s1. The minimum atomic E-state index is 0.378. The van der Waals surface area contributed by atoms with E-state index in [2.05, 4.69) is 31.0 Å². The number of likely N-dealkylation sites (tertiary alicyclic amines) is 1. The predicted octanol–water partition coefficient (Wildman–Crippen LogP) is 7.09. The van der Waals surface area contributed by atoms with Crippen LogP contribution >= 0.6 is 0 Å². The first-order chi connectivity index (χ1) is 16.8. The van der Waals surface area contributed by atoms with Gasteiger partial charge >= 0.3 is 0 Å². The van der Waals surface area contributed by atoms with Crippen LogP contribution in [0, 0.1) is 46.3 Å². The van der Waals surface area contributed by atoms with Crippen LogP contribution in [0.3, 0.4) is 0 Å². The van der Waals surface area contributed by atoms with E-state index in [9.17, 15) is 4.79 Å². The molecule has 5 aliphatic rings. The molecule has 4 saturated carbocycles. The van der Waals surface area contributed by atoms with Crippen molar-refractivity contribution in [3.63, 3.8) is 0 Å². The molecule has 0 radical (unpaired) electrons. The maximum Gasteiger partial charge on any atom is 0.129 e. The summed E-state index contributed by atoms with van der Waals surface area (Å²) in [7, 11) is 0. The molecule has 0 spiro atoms. The molecular formula is C32H56N2O. The second-order valence-electron chi connectivity index (χ2n) is 14.4. The molecule has 5 fully saturated rings. The van der Waals surface area contributed by atoms with Gasteiger partial charge in [-0.1, -0.05) is 27.2 Å². The highest BCUT2D eigenvalue weighted by atomic mass is 16.1. The summed E-state index contributed by atoms with van der Waals surface area (Å²) in [6.45, 7) is 14.7. The normalized spacial score (nSPS) is 44.8. The Hall–Kier alpha value is -0.410. The minimum Gasteiger partial charge on any atom is -0.313 e. The van der Waals surface area contributed by atoms with Crippen molar-refractivity contribution in [2.75, 3.05) is 26.2 Å². The van der Waals surface area contributed by atoms with Gasteiger partial charge in [-0.05, 0) is 143 Å². The summed E-state index contributed by atoms with van der Waals surface area (Å²) >= 11 is 0. The van der Waals surface area contributed by atoms with E-state index in [-0.39, 0.29) is 0 Å². The molecule has 4 aliphatic carbocycles. The molecule has 5 rings (SSSR count). The van der Waals surface area contributed by atoms with Crippen LogP contribution in [-0.2, 0) is 4.79 Å². The zero-order valence-corrected chi connectivity index (χ0v) is 23.6. The van der Waals surface area contributed by atoms with Crippen molar-refractivity contribution in [1.29, 1.82) is 0 Å². The number of hydrogen-bond acceptors (Lipinski definition) is 3. The fraction of sp³-hybridized carbons (Fsp3) is 0.969. The van der Waals surface area contributed by atoms with Crippen LogP contribution in [0.1, 0.15) is 118 Å². The van der Waals surface area contributed by atoms with Crippen LogP contribution in [0.5, 0.6) is 0 Å². The Bertz CT molecular complexity index is 731. The monoisotopic (exact) mass is 484 g/mol. The lowest BCUT2D eigenvalue weighted by Gasteiger charge is -2.61. The van der Waals surface area contributed by atoms with Gasteiger partial charge < -0.3 is 15.0 Å². The zero-order valence-electron chi connectivity index (χ0n) is 23.6. The van der Waals surface area contributed by atoms with Gasteiger partial charge in [0.2, 0.25) is 0 Å². The maximum atomic E-state index is 11.6. The molecule has 0 bridgehead atoms.